The van der Waals surface area contributed by atoms with Gasteiger partial charge in [0, 0.05) is 29.8 Å². The lowest BCUT2D eigenvalue weighted by molar-refractivity contribution is -0.133. The molecular weight excluding hydrogens is 694 g/mol. The van der Waals surface area contributed by atoms with Crippen LogP contribution in [0.5, 0.6) is 34.5 Å². The van der Waals surface area contributed by atoms with Crippen molar-refractivity contribution in [1.29, 1.82) is 0 Å². The summed E-state index contributed by atoms with van der Waals surface area (Å²) in [5.41, 5.74) is 4.67. The van der Waals surface area contributed by atoms with E-state index >= 15 is 0 Å². The second-order valence-corrected chi connectivity index (χ2v) is 13.2. The largest absolute Gasteiger partial charge is 0.497 e. The number of hydrogen-bond acceptors (Lipinski definition) is 8. The summed E-state index contributed by atoms with van der Waals surface area (Å²) in [4.78, 5) is 15.6. The molecule has 1 saturated carbocycles. The molecule has 0 spiro atoms. The van der Waals surface area contributed by atoms with Crippen molar-refractivity contribution in [3.05, 3.63) is 148 Å². The number of carboxylic acids is 1. The number of aliphatic carboxylic acids is 1. The second-order valence-electron chi connectivity index (χ2n) is 12.8. The van der Waals surface area contributed by atoms with E-state index in [1.807, 2.05) is 97.1 Å². The predicted octanol–water partition coefficient (Wildman–Crippen LogP) is 9.21. The molecule has 0 radical (unpaired) electrons. The number of allylic oxidation sites excluding steroid dienone is 1. The maximum atomic E-state index is 13.5. The molecular formula is C43H40ClNO8. The van der Waals surface area contributed by atoms with Crippen molar-refractivity contribution in [2.24, 2.45) is 0 Å². The monoisotopic (exact) mass is 733 g/mol. The van der Waals surface area contributed by atoms with Crippen LogP contribution >= 0.6 is 11.6 Å². The van der Waals surface area contributed by atoms with Gasteiger partial charge in [-0.2, -0.15) is 0 Å². The quantitative estimate of drug-likeness (QED) is 0.113. The number of nitrogens with zero attached hydrogens (tertiary/aromatic N) is 1. The Morgan fingerprint density at radius 3 is 1.75 bits per heavy atom. The van der Waals surface area contributed by atoms with E-state index in [4.69, 9.17) is 40.0 Å². The van der Waals surface area contributed by atoms with Gasteiger partial charge in [0.05, 0.1) is 32.0 Å². The minimum absolute atomic E-state index is 0.0607. The van der Waals surface area contributed by atoms with Crippen LogP contribution in [0.1, 0.15) is 41.2 Å². The van der Waals surface area contributed by atoms with E-state index in [0.717, 1.165) is 41.0 Å². The van der Waals surface area contributed by atoms with E-state index in [1.54, 1.807) is 33.5 Å². The molecule has 10 heteroatoms. The zero-order valence-electron chi connectivity index (χ0n) is 29.7. The van der Waals surface area contributed by atoms with Crippen molar-refractivity contribution < 1.29 is 38.3 Å². The summed E-state index contributed by atoms with van der Waals surface area (Å²) in [6.45, 7) is 0.391. The Hall–Kier alpha value is -5.80. The standard InChI is InChI=1S/C43H40ClNO8/c1-48-31-17-9-27(10-18-31)23-35-39(43(46)47)42(53-34-7-5-4-6-8-34)38-36(45(35)30-15-16-30)24-37(51-25-28-11-19-32(49-2)20-12-28)41(40(38)44)52-26-29-13-21-33(50-3)22-14-29/h4-14,17-22,24,30,42H,15-16,23,25-26H2,1-3H3,(H,46,47). The Labute approximate surface area is 313 Å². The van der Waals surface area contributed by atoms with Gasteiger partial charge in [-0.3, -0.25) is 0 Å². The van der Waals surface area contributed by atoms with Gasteiger partial charge in [-0.15, -0.1) is 0 Å². The fourth-order valence-corrected chi connectivity index (χ4v) is 6.83. The lowest BCUT2D eigenvalue weighted by Crippen LogP contribution is -2.37. The predicted molar refractivity (Wildman–Crippen MR) is 203 cm³/mol. The molecule has 7 rings (SSSR count). The van der Waals surface area contributed by atoms with Crippen molar-refractivity contribution in [3.63, 3.8) is 0 Å². The Bertz CT molecular complexity index is 2080. The van der Waals surface area contributed by atoms with Gasteiger partial charge >= 0.3 is 5.97 Å². The van der Waals surface area contributed by atoms with Crippen LogP contribution in [0.4, 0.5) is 5.69 Å². The van der Waals surface area contributed by atoms with E-state index in [1.165, 1.54) is 0 Å². The molecule has 0 saturated heterocycles. The van der Waals surface area contributed by atoms with Gasteiger partial charge in [-0.1, -0.05) is 66.2 Å². The summed E-state index contributed by atoms with van der Waals surface area (Å²) in [5, 5.41) is 11.2. The van der Waals surface area contributed by atoms with E-state index in [2.05, 4.69) is 4.90 Å². The van der Waals surface area contributed by atoms with Crippen LogP contribution in [-0.2, 0) is 24.4 Å². The van der Waals surface area contributed by atoms with Crippen LogP contribution in [0.25, 0.3) is 0 Å². The van der Waals surface area contributed by atoms with Gasteiger partial charge in [0.2, 0.25) is 0 Å². The highest BCUT2D eigenvalue weighted by Gasteiger charge is 2.45. The molecule has 0 bridgehead atoms. The number of halogens is 1. The van der Waals surface area contributed by atoms with Crippen LogP contribution in [0.15, 0.2) is 120 Å². The number of para-hydroxylation sites is 1. The van der Waals surface area contributed by atoms with Crippen molar-refractivity contribution >= 4 is 23.3 Å². The van der Waals surface area contributed by atoms with Crippen molar-refractivity contribution in [1.82, 2.24) is 0 Å². The third-order valence-electron chi connectivity index (χ3n) is 9.35. The van der Waals surface area contributed by atoms with Crippen LogP contribution in [-0.4, -0.2) is 38.4 Å². The molecule has 9 nitrogen and oxygen atoms in total. The highest BCUT2D eigenvalue weighted by Crippen LogP contribution is 2.55. The summed E-state index contributed by atoms with van der Waals surface area (Å²) >= 11 is 7.45. The van der Waals surface area contributed by atoms with Gasteiger partial charge in [0.15, 0.2) is 17.6 Å². The average molecular weight is 734 g/mol. The molecule has 53 heavy (non-hydrogen) atoms. The first-order valence-electron chi connectivity index (χ1n) is 17.3. The molecule has 2 aliphatic rings. The molecule has 5 aromatic carbocycles. The molecule has 1 unspecified atom stereocenters. The third kappa shape index (κ3) is 7.85. The molecule has 1 heterocycles. The summed E-state index contributed by atoms with van der Waals surface area (Å²) < 4.78 is 35.7. The first-order valence-corrected chi connectivity index (χ1v) is 17.7. The van der Waals surface area contributed by atoms with Crippen molar-refractivity contribution in [2.45, 2.75) is 44.6 Å². The second kappa shape index (κ2) is 15.8. The van der Waals surface area contributed by atoms with Crippen LogP contribution in [0, 0.1) is 0 Å². The Balaban J connectivity index is 1.38. The molecule has 0 aromatic heterocycles. The third-order valence-corrected chi connectivity index (χ3v) is 9.73. The highest BCUT2D eigenvalue weighted by molar-refractivity contribution is 6.34. The normalized spacial score (nSPS) is 15.0. The number of fused-ring (bicyclic) bond motifs is 1. The minimum atomic E-state index is -1.10. The number of anilines is 1. The number of ether oxygens (including phenoxy) is 6. The van der Waals surface area contributed by atoms with Gasteiger partial charge in [0.1, 0.15) is 41.8 Å². The van der Waals surface area contributed by atoms with Crippen LogP contribution in [0.3, 0.4) is 0 Å². The Morgan fingerprint density at radius 2 is 1.25 bits per heavy atom. The number of carboxylic acid groups (broad SMARTS) is 1. The average Bonchev–Trinajstić information content (AvgIpc) is 4.03. The maximum absolute atomic E-state index is 13.5. The fraction of sp³-hybridized carbons (Fsp3) is 0.233. The summed E-state index contributed by atoms with van der Waals surface area (Å²) in [6, 6.07) is 34.0. The van der Waals surface area contributed by atoms with E-state index in [9.17, 15) is 9.90 Å². The topological polar surface area (TPSA) is 95.9 Å². The first-order chi connectivity index (χ1) is 25.9. The van der Waals surface area contributed by atoms with Crippen molar-refractivity contribution in [2.75, 3.05) is 26.2 Å². The van der Waals surface area contributed by atoms with Gasteiger partial charge in [-0.05, 0) is 78.1 Å². The van der Waals surface area contributed by atoms with Gasteiger partial charge in [0.25, 0.3) is 0 Å². The summed E-state index contributed by atoms with van der Waals surface area (Å²) in [6.07, 6.45) is 1.04. The SMILES string of the molecule is COc1ccc(COc2cc3c(c(Cl)c2OCc2ccc(OC)cc2)C(Oc2ccccc2)C(C(=O)O)=C(Cc2ccc(OC)cc2)N3C2CC2)cc1. The van der Waals surface area contributed by atoms with Gasteiger partial charge < -0.3 is 38.4 Å². The number of carbonyl (C=O) groups is 1. The highest BCUT2D eigenvalue weighted by atomic mass is 35.5. The zero-order valence-corrected chi connectivity index (χ0v) is 30.5. The molecule has 272 valence electrons. The smallest absolute Gasteiger partial charge is 0.337 e. The van der Waals surface area contributed by atoms with E-state index < -0.39 is 12.1 Å². The number of rotatable bonds is 15. The lowest BCUT2D eigenvalue weighted by Gasteiger charge is -2.40. The minimum Gasteiger partial charge on any atom is -0.497 e. The van der Waals surface area contributed by atoms with Crippen LogP contribution in [0.2, 0.25) is 5.02 Å². The van der Waals surface area contributed by atoms with E-state index in [-0.39, 0.29) is 35.6 Å². The molecule has 1 fully saturated rings. The molecule has 1 aliphatic carbocycles. The van der Waals surface area contributed by atoms with Crippen molar-refractivity contribution in [3.8, 4) is 34.5 Å². The maximum Gasteiger partial charge on any atom is 0.337 e. The molecule has 1 aliphatic heterocycles. The number of benzene rings is 5. The lowest BCUT2D eigenvalue weighted by atomic mass is 9.89. The summed E-state index contributed by atoms with van der Waals surface area (Å²) in [7, 11) is 4.86. The molecule has 1 N–H and O–H groups in total. The number of hydrogen-bond donors (Lipinski definition) is 1. The van der Waals surface area contributed by atoms with E-state index in [0.29, 0.717) is 40.6 Å². The molecule has 5 aromatic rings. The Kier molecular flexibility index (Phi) is 10.6. The first kappa shape index (κ1) is 35.6. The van der Waals surface area contributed by atoms with Crippen LogP contribution < -0.4 is 33.3 Å². The fourth-order valence-electron chi connectivity index (χ4n) is 6.49. The zero-order chi connectivity index (χ0) is 36.9. The number of methoxy groups -OCH3 is 3. The summed E-state index contributed by atoms with van der Waals surface area (Å²) in [5.74, 6) is 2.30. The Morgan fingerprint density at radius 1 is 0.717 bits per heavy atom. The van der Waals surface area contributed by atoms with Gasteiger partial charge in [-0.25, -0.2) is 4.79 Å². The molecule has 1 atom stereocenters. The molecule has 0 amide bonds.